The maximum Gasteiger partial charge on any atom is 0.159 e. The molecule has 0 radical (unpaired) electrons. The van der Waals surface area contributed by atoms with Crippen molar-refractivity contribution in [3.8, 4) is 6.07 Å². The Balaban J connectivity index is 1.37. The summed E-state index contributed by atoms with van der Waals surface area (Å²) < 4.78 is 0. The molecule has 1 aliphatic rings. The number of rotatable bonds is 4. The number of benzene rings is 2. The van der Waals surface area contributed by atoms with E-state index in [0.29, 0.717) is 5.56 Å². The van der Waals surface area contributed by atoms with Crippen LogP contribution in [0.2, 0.25) is 0 Å². The molecule has 1 aliphatic heterocycles. The molecule has 2 aromatic heterocycles. The Labute approximate surface area is 187 Å². The molecule has 1 saturated heterocycles. The van der Waals surface area contributed by atoms with Crippen molar-refractivity contribution in [1.29, 1.82) is 5.26 Å². The number of aryl methyl sites for hydroxylation is 1. The zero-order chi connectivity index (χ0) is 21.9. The SMILES string of the molecule is Cc1cccc(Cc2nnc(N3CCN(c4ccc(C#N)cn4)CC3)c3ccccc23)c1. The van der Waals surface area contributed by atoms with Crippen molar-refractivity contribution in [3.63, 3.8) is 0 Å². The lowest BCUT2D eigenvalue weighted by Gasteiger charge is -2.36. The van der Waals surface area contributed by atoms with Gasteiger partial charge < -0.3 is 9.80 Å². The Kier molecular flexibility index (Phi) is 5.39. The molecule has 5 rings (SSSR count). The number of pyridine rings is 1. The van der Waals surface area contributed by atoms with E-state index in [2.05, 4.69) is 86.5 Å². The maximum atomic E-state index is 8.98. The van der Waals surface area contributed by atoms with Crippen LogP contribution in [0.25, 0.3) is 10.8 Å². The number of hydrogen-bond donors (Lipinski definition) is 0. The van der Waals surface area contributed by atoms with Crippen molar-refractivity contribution in [3.05, 3.63) is 89.2 Å². The monoisotopic (exact) mass is 420 g/mol. The summed E-state index contributed by atoms with van der Waals surface area (Å²) >= 11 is 0. The second kappa shape index (κ2) is 8.64. The number of anilines is 2. The summed E-state index contributed by atoms with van der Waals surface area (Å²) in [6, 6.07) is 22.9. The number of hydrogen-bond acceptors (Lipinski definition) is 6. The van der Waals surface area contributed by atoms with Gasteiger partial charge in [0.15, 0.2) is 5.82 Å². The van der Waals surface area contributed by atoms with E-state index < -0.39 is 0 Å². The van der Waals surface area contributed by atoms with Gasteiger partial charge in [0.1, 0.15) is 11.9 Å². The Hall–Kier alpha value is -3.98. The smallest absolute Gasteiger partial charge is 0.159 e. The largest absolute Gasteiger partial charge is 0.353 e. The van der Waals surface area contributed by atoms with Crippen molar-refractivity contribution in [2.24, 2.45) is 0 Å². The van der Waals surface area contributed by atoms with E-state index in [-0.39, 0.29) is 0 Å². The van der Waals surface area contributed by atoms with Crippen LogP contribution in [0.15, 0.2) is 66.9 Å². The van der Waals surface area contributed by atoms with Crippen molar-refractivity contribution in [2.45, 2.75) is 13.3 Å². The summed E-state index contributed by atoms with van der Waals surface area (Å²) in [6.45, 7) is 5.50. The van der Waals surface area contributed by atoms with Crippen LogP contribution in [0.4, 0.5) is 11.6 Å². The molecule has 1 fully saturated rings. The summed E-state index contributed by atoms with van der Waals surface area (Å²) in [5.41, 5.74) is 4.10. The van der Waals surface area contributed by atoms with Gasteiger partial charge >= 0.3 is 0 Å². The van der Waals surface area contributed by atoms with Gasteiger partial charge in [-0.15, -0.1) is 5.10 Å². The minimum atomic E-state index is 0.583. The van der Waals surface area contributed by atoms with Crippen LogP contribution in [0, 0.1) is 18.3 Å². The highest BCUT2D eigenvalue weighted by Crippen LogP contribution is 2.28. The zero-order valence-electron chi connectivity index (χ0n) is 18.1. The molecule has 32 heavy (non-hydrogen) atoms. The predicted molar refractivity (Wildman–Crippen MR) is 127 cm³/mol. The van der Waals surface area contributed by atoms with Crippen molar-refractivity contribution in [2.75, 3.05) is 36.0 Å². The maximum absolute atomic E-state index is 8.98. The summed E-state index contributed by atoms with van der Waals surface area (Å²) in [5, 5.41) is 20.6. The first-order valence-electron chi connectivity index (χ1n) is 10.9. The third kappa shape index (κ3) is 3.97. The van der Waals surface area contributed by atoms with Gasteiger partial charge in [-0.25, -0.2) is 4.98 Å². The van der Waals surface area contributed by atoms with Gasteiger partial charge in [-0.2, -0.15) is 10.4 Å². The van der Waals surface area contributed by atoms with Gasteiger partial charge in [0, 0.05) is 49.6 Å². The third-order valence-corrected chi connectivity index (χ3v) is 5.98. The molecule has 158 valence electrons. The Morgan fingerprint density at radius 1 is 0.875 bits per heavy atom. The average Bonchev–Trinajstić information content (AvgIpc) is 2.85. The normalized spacial score (nSPS) is 13.9. The molecule has 0 spiro atoms. The Bertz CT molecular complexity index is 1280. The van der Waals surface area contributed by atoms with Crippen LogP contribution in [0.5, 0.6) is 0 Å². The first kappa shape index (κ1) is 20.0. The third-order valence-electron chi connectivity index (χ3n) is 5.98. The van der Waals surface area contributed by atoms with Crippen LogP contribution in [0.3, 0.4) is 0 Å². The number of nitrogens with zero attached hydrogens (tertiary/aromatic N) is 6. The van der Waals surface area contributed by atoms with Gasteiger partial charge in [0.05, 0.1) is 11.3 Å². The minimum Gasteiger partial charge on any atom is -0.353 e. The molecule has 0 N–H and O–H groups in total. The highest BCUT2D eigenvalue weighted by Gasteiger charge is 2.22. The molecule has 2 aromatic carbocycles. The first-order valence-corrected chi connectivity index (χ1v) is 10.9. The van der Waals surface area contributed by atoms with Crippen LogP contribution in [0.1, 0.15) is 22.4 Å². The molecule has 0 saturated carbocycles. The molecular formula is C26H24N6. The Morgan fingerprint density at radius 2 is 1.66 bits per heavy atom. The first-order chi connectivity index (χ1) is 15.7. The molecule has 4 aromatic rings. The lowest BCUT2D eigenvalue weighted by molar-refractivity contribution is 0.639. The van der Waals surface area contributed by atoms with E-state index in [1.54, 1.807) is 6.20 Å². The number of nitriles is 1. The van der Waals surface area contributed by atoms with Crippen LogP contribution in [-0.4, -0.2) is 41.4 Å². The molecule has 3 heterocycles. The van der Waals surface area contributed by atoms with E-state index in [0.717, 1.165) is 60.7 Å². The van der Waals surface area contributed by atoms with Gasteiger partial charge in [0.2, 0.25) is 0 Å². The van der Waals surface area contributed by atoms with Crippen molar-refractivity contribution >= 4 is 22.4 Å². The fraction of sp³-hybridized carbons (Fsp3) is 0.231. The highest BCUT2D eigenvalue weighted by atomic mass is 15.3. The molecular weight excluding hydrogens is 396 g/mol. The lowest BCUT2D eigenvalue weighted by atomic mass is 10.0. The number of piperazine rings is 1. The van der Waals surface area contributed by atoms with E-state index in [4.69, 9.17) is 5.26 Å². The van der Waals surface area contributed by atoms with E-state index in [1.165, 1.54) is 11.1 Å². The van der Waals surface area contributed by atoms with Gasteiger partial charge in [-0.05, 0) is 24.6 Å². The molecule has 6 nitrogen and oxygen atoms in total. The predicted octanol–water partition coefficient (Wildman–Crippen LogP) is 4.12. The van der Waals surface area contributed by atoms with E-state index in [9.17, 15) is 0 Å². The highest BCUT2D eigenvalue weighted by molar-refractivity contribution is 5.93. The van der Waals surface area contributed by atoms with Gasteiger partial charge in [-0.1, -0.05) is 54.1 Å². The van der Waals surface area contributed by atoms with Crippen molar-refractivity contribution < 1.29 is 0 Å². The molecule has 0 unspecified atom stereocenters. The van der Waals surface area contributed by atoms with Crippen LogP contribution in [-0.2, 0) is 6.42 Å². The minimum absolute atomic E-state index is 0.583. The molecule has 0 amide bonds. The topological polar surface area (TPSA) is 68.9 Å². The van der Waals surface area contributed by atoms with Crippen molar-refractivity contribution in [1.82, 2.24) is 15.2 Å². The second-order valence-corrected chi connectivity index (χ2v) is 8.17. The van der Waals surface area contributed by atoms with E-state index >= 15 is 0 Å². The fourth-order valence-corrected chi connectivity index (χ4v) is 4.31. The molecule has 6 heteroatoms. The average molecular weight is 421 g/mol. The van der Waals surface area contributed by atoms with E-state index in [1.807, 2.05) is 12.1 Å². The number of aromatic nitrogens is 3. The molecule has 0 aliphatic carbocycles. The lowest BCUT2D eigenvalue weighted by Crippen LogP contribution is -2.47. The summed E-state index contributed by atoms with van der Waals surface area (Å²) in [5.74, 6) is 1.86. The van der Waals surface area contributed by atoms with Crippen LogP contribution < -0.4 is 9.80 Å². The summed E-state index contributed by atoms with van der Waals surface area (Å²) in [4.78, 5) is 9.00. The standard InChI is InChI=1S/C26H24N6/c1-19-5-4-6-20(15-19)16-24-22-7-2-3-8-23(22)26(30-29-24)32-13-11-31(12-14-32)25-10-9-21(17-27)18-28-25/h2-10,15,18H,11-14,16H2,1H3. The zero-order valence-corrected chi connectivity index (χ0v) is 18.1. The van der Waals surface area contributed by atoms with Gasteiger partial charge in [0.25, 0.3) is 0 Å². The summed E-state index contributed by atoms with van der Waals surface area (Å²) in [6.07, 6.45) is 2.40. The number of fused-ring (bicyclic) bond motifs is 1. The Morgan fingerprint density at radius 3 is 2.38 bits per heavy atom. The molecule has 0 atom stereocenters. The van der Waals surface area contributed by atoms with Crippen LogP contribution >= 0.6 is 0 Å². The fourth-order valence-electron chi connectivity index (χ4n) is 4.31. The second-order valence-electron chi connectivity index (χ2n) is 8.17. The summed E-state index contributed by atoms with van der Waals surface area (Å²) in [7, 11) is 0. The quantitative estimate of drug-likeness (QED) is 0.495. The molecule has 0 bridgehead atoms. The van der Waals surface area contributed by atoms with Gasteiger partial charge in [-0.3, -0.25) is 0 Å².